The van der Waals surface area contributed by atoms with Gasteiger partial charge in [0.15, 0.2) is 0 Å². The lowest BCUT2D eigenvalue weighted by Crippen LogP contribution is -2.48. The van der Waals surface area contributed by atoms with E-state index in [1.807, 2.05) is 0 Å². The van der Waals surface area contributed by atoms with Crippen LogP contribution in [0.15, 0.2) is 103 Å². The standard InChI is InChI=1S/C36H38N2/c1-24-22-32-30(28-14-8-9-15-31(28)36(32,2)3)23-29(24)35-37(4)33-16-10-11-17-34(33)38(35)27-20-18-26(19-21-27)25-12-6-5-7-13-25/h6,8-22,24,29-30,35H,5,7,23H2,1-4H3. The summed E-state index contributed by atoms with van der Waals surface area (Å²) >= 11 is 0. The maximum Gasteiger partial charge on any atom is 0.110 e. The predicted molar refractivity (Wildman–Crippen MR) is 161 cm³/mol. The van der Waals surface area contributed by atoms with Crippen molar-refractivity contribution in [2.75, 3.05) is 16.8 Å². The lowest BCUT2D eigenvalue weighted by molar-refractivity contribution is 0.289. The molecule has 4 unspecified atom stereocenters. The van der Waals surface area contributed by atoms with E-state index in [1.54, 1.807) is 11.1 Å². The van der Waals surface area contributed by atoms with E-state index < -0.39 is 0 Å². The quantitative estimate of drug-likeness (QED) is 0.332. The Morgan fingerprint density at radius 2 is 1.58 bits per heavy atom. The van der Waals surface area contributed by atoms with Crippen LogP contribution in [-0.2, 0) is 5.41 Å². The molecule has 0 radical (unpaired) electrons. The summed E-state index contributed by atoms with van der Waals surface area (Å²) in [6.45, 7) is 7.30. The Balaban J connectivity index is 1.29. The molecule has 4 aliphatic rings. The molecule has 0 bridgehead atoms. The first kappa shape index (κ1) is 23.6. The fourth-order valence-electron chi connectivity index (χ4n) is 7.83. The Hall–Kier alpha value is -3.52. The van der Waals surface area contributed by atoms with Gasteiger partial charge in [-0.3, -0.25) is 0 Å². The highest BCUT2D eigenvalue weighted by Gasteiger charge is 2.49. The minimum absolute atomic E-state index is 0.114. The molecule has 0 saturated heterocycles. The molecule has 0 aromatic heterocycles. The van der Waals surface area contributed by atoms with Crippen LogP contribution in [0.3, 0.4) is 0 Å². The van der Waals surface area contributed by atoms with Crippen molar-refractivity contribution in [1.29, 1.82) is 0 Å². The van der Waals surface area contributed by atoms with Crippen LogP contribution in [0.25, 0.3) is 5.57 Å². The van der Waals surface area contributed by atoms with Gasteiger partial charge in [-0.15, -0.1) is 0 Å². The molecule has 0 N–H and O–H groups in total. The molecule has 0 fully saturated rings. The molecular formula is C36H38N2. The van der Waals surface area contributed by atoms with Crippen LogP contribution in [0, 0.1) is 11.8 Å². The summed E-state index contributed by atoms with van der Waals surface area (Å²) < 4.78 is 0. The van der Waals surface area contributed by atoms with Crippen molar-refractivity contribution in [3.63, 3.8) is 0 Å². The highest BCUT2D eigenvalue weighted by atomic mass is 15.4. The van der Waals surface area contributed by atoms with Crippen molar-refractivity contribution in [3.8, 4) is 0 Å². The average Bonchev–Trinajstić information content (AvgIpc) is 3.36. The Morgan fingerprint density at radius 1 is 0.842 bits per heavy atom. The monoisotopic (exact) mass is 498 g/mol. The first-order valence-electron chi connectivity index (χ1n) is 14.3. The van der Waals surface area contributed by atoms with Gasteiger partial charge in [-0.25, -0.2) is 0 Å². The first-order chi connectivity index (χ1) is 18.4. The highest BCUT2D eigenvalue weighted by Crippen LogP contribution is 2.58. The molecule has 192 valence electrons. The zero-order valence-corrected chi connectivity index (χ0v) is 23.1. The van der Waals surface area contributed by atoms with Gasteiger partial charge in [-0.2, -0.15) is 0 Å². The third-order valence-corrected chi connectivity index (χ3v) is 9.77. The van der Waals surface area contributed by atoms with Crippen LogP contribution in [0.4, 0.5) is 17.1 Å². The summed E-state index contributed by atoms with van der Waals surface area (Å²) in [6.07, 6.45) is 13.3. The van der Waals surface area contributed by atoms with Crippen molar-refractivity contribution < 1.29 is 0 Å². The molecule has 1 heterocycles. The molecule has 3 aromatic rings. The van der Waals surface area contributed by atoms with E-state index >= 15 is 0 Å². The zero-order chi connectivity index (χ0) is 26.0. The summed E-state index contributed by atoms with van der Waals surface area (Å²) in [5, 5.41) is 0. The molecule has 38 heavy (non-hydrogen) atoms. The SMILES string of the molecule is CC1C=C2C(CC1C1N(C)c3ccccc3N1c1ccc(C3=CCCC=C3)cc1)c1ccccc1C2(C)C. The summed E-state index contributed by atoms with van der Waals surface area (Å²) in [6, 6.07) is 27.4. The number of nitrogens with zero attached hydrogens (tertiary/aromatic N) is 2. The molecule has 2 nitrogen and oxygen atoms in total. The first-order valence-corrected chi connectivity index (χ1v) is 14.3. The van der Waals surface area contributed by atoms with Crippen molar-refractivity contribution >= 4 is 22.6 Å². The number of benzene rings is 3. The van der Waals surface area contributed by atoms with Crippen LogP contribution in [0.2, 0.25) is 0 Å². The van der Waals surface area contributed by atoms with E-state index in [9.17, 15) is 0 Å². The van der Waals surface area contributed by atoms with Gasteiger partial charge in [0.1, 0.15) is 6.17 Å². The van der Waals surface area contributed by atoms with Crippen LogP contribution < -0.4 is 9.80 Å². The fourth-order valence-corrected chi connectivity index (χ4v) is 7.83. The molecule has 1 aliphatic heterocycles. The smallest absolute Gasteiger partial charge is 0.110 e. The summed E-state index contributed by atoms with van der Waals surface area (Å²) in [5.41, 5.74) is 11.4. The Morgan fingerprint density at radius 3 is 2.34 bits per heavy atom. The maximum absolute atomic E-state index is 2.64. The number of hydrogen-bond acceptors (Lipinski definition) is 2. The second-order valence-electron chi connectivity index (χ2n) is 12.2. The second kappa shape index (κ2) is 8.76. The van der Waals surface area contributed by atoms with Gasteiger partial charge in [0.05, 0.1) is 11.4 Å². The third-order valence-electron chi connectivity index (χ3n) is 9.77. The minimum Gasteiger partial charge on any atom is -0.352 e. The average molecular weight is 499 g/mol. The maximum atomic E-state index is 2.64. The van der Waals surface area contributed by atoms with Crippen LogP contribution >= 0.6 is 0 Å². The third kappa shape index (κ3) is 3.46. The van der Waals surface area contributed by atoms with E-state index in [-0.39, 0.29) is 11.6 Å². The molecule has 0 amide bonds. The Bertz CT molecular complexity index is 1470. The number of fused-ring (bicyclic) bond motifs is 4. The topological polar surface area (TPSA) is 6.48 Å². The van der Waals surface area contributed by atoms with Gasteiger partial charge in [-0.05, 0) is 71.7 Å². The Kier molecular flexibility index (Phi) is 5.44. The van der Waals surface area contributed by atoms with Crippen molar-refractivity contribution in [1.82, 2.24) is 0 Å². The van der Waals surface area contributed by atoms with Gasteiger partial charge < -0.3 is 9.80 Å². The molecular weight excluding hydrogens is 460 g/mol. The Labute approximate surface area is 228 Å². The largest absolute Gasteiger partial charge is 0.352 e. The van der Waals surface area contributed by atoms with Gasteiger partial charge in [-0.1, -0.05) is 99.2 Å². The number of anilines is 3. The van der Waals surface area contributed by atoms with Crippen molar-refractivity contribution in [3.05, 3.63) is 119 Å². The van der Waals surface area contributed by atoms with Gasteiger partial charge in [0, 0.05) is 30.0 Å². The lowest BCUT2D eigenvalue weighted by Gasteiger charge is -2.43. The number of rotatable bonds is 3. The summed E-state index contributed by atoms with van der Waals surface area (Å²) in [4.78, 5) is 5.16. The molecule has 4 atom stereocenters. The summed E-state index contributed by atoms with van der Waals surface area (Å²) in [7, 11) is 2.30. The van der Waals surface area contributed by atoms with E-state index in [4.69, 9.17) is 0 Å². The van der Waals surface area contributed by atoms with Crippen molar-refractivity contribution in [2.24, 2.45) is 11.8 Å². The van der Waals surface area contributed by atoms with Gasteiger partial charge >= 0.3 is 0 Å². The van der Waals surface area contributed by atoms with Crippen LogP contribution in [0.5, 0.6) is 0 Å². The number of hydrogen-bond donors (Lipinski definition) is 0. The normalized spacial score (nSPS) is 26.9. The summed E-state index contributed by atoms with van der Waals surface area (Å²) in [5.74, 6) is 1.51. The molecule has 0 spiro atoms. The lowest BCUT2D eigenvalue weighted by atomic mass is 9.69. The predicted octanol–water partition coefficient (Wildman–Crippen LogP) is 8.99. The highest BCUT2D eigenvalue weighted by molar-refractivity contribution is 5.84. The van der Waals surface area contributed by atoms with E-state index in [0.29, 0.717) is 17.8 Å². The molecule has 7 rings (SSSR count). The molecule has 3 aliphatic carbocycles. The zero-order valence-electron chi connectivity index (χ0n) is 23.1. The molecule has 2 heteroatoms. The van der Waals surface area contributed by atoms with Gasteiger partial charge in [0.2, 0.25) is 0 Å². The van der Waals surface area contributed by atoms with Crippen LogP contribution in [0.1, 0.15) is 62.6 Å². The second-order valence-corrected chi connectivity index (χ2v) is 12.2. The molecule has 0 saturated carbocycles. The number of para-hydroxylation sites is 2. The molecule has 3 aromatic carbocycles. The van der Waals surface area contributed by atoms with Gasteiger partial charge in [0.25, 0.3) is 0 Å². The number of allylic oxidation sites excluding steroid dienone is 6. The minimum atomic E-state index is 0.114. The van der Waals surface area contributed by atoms with Crippen molar-refractivity contribution in [2.45, 2.75) is 57.5 Å². The van der Waals surface area contributed by atoms with Crippen LogP contribution in [-0.4, -0.2) is 13.2 Å². The fraction of sp³-hybridized carbons (Fsp3) is 0.333. The van der Waals surface area contributed by atoms with E-state index in [0.717, 1.165) is 12.8 Å². The van der Waals surface area contributed by atoms with E-state index in [2.05, 4.69) is 135 Å². The van der Waals surface area contributed by atoms with E-state index in [1.165, 1.54) is 40.2 Å².